The maximum atomic E-state index is 13.0. The number of nitro benzene ring substituents is 1. The number of amides is 1. The molecule has 0 heterocycles. The first-order valence-electron chi connectivity index (χ1n) is 4.92. The van der Waals surface area contributed by atoms with E-state index in [1.165, 1.54) is 13.0 Å². The van der Waals surface area contributed by atoms with Gasteiger partial charge >= 0.3 is 0 Å². The van der Waals surface area contributed by atoms with Gasteiger partial charge in [0.25, 0.3) is 5.69 Å². The number of nitrogens with one attached hydrogen (secondary N) is 2. The molecule has 0 aromatic heterocycles. The highest BCUT2D eigenvalue weighted by Crippen LogP contribution is 2.19. The van der Waals surface area contributed by atoms with Crippen molar-refractivity contribution in [3.8, 4) is 0 Å². The Morgan fingerprint density at radius 2 is 2.12 bits per heavy atom. The van der Waals surface area contributed by atoms with Gasteiger partial charge in [-0.25, -0.2) is 4.39 Å². The van der Waals surface area contributed by atoms with Crippen LogP contribution in [0, 0.1) is 15.9 Å². The summed E-state index contributed by atoms with van der Waals surface area (Å²) in [6, 6.07) is 3.23. The van der Waals surface area contributed by atoms with Gasteiger partial charge < -0.3 is 10.6 Å². The zero-order valence-corrected chi connectivity index (χ0v) is 9.20. The summed E-state index contributed by atoms with van der Waals surface area (Å²) in [5.41, 5.74) is -0.00548. The van der Waals surface area contributed by atoms with Crippen molar-refractivity contribution in [2.24, 2.45) is 0 Å². The Morgan fingerprint density at radius 3 is 2.71 bits per heavy atom. The van der Waals surface area contributed by atoms with Crippen LogP contribution in [0.4, 0.5) is 15.8 Å². The fraction of sp³-hybridized carbons (Fsp3) is 0.300. The largest absolute Gasteiger partial charge is 0.383 e. The van der Waals surface area contributed by atoms with Gasteiger partial charge in [-0.1, -0.05) is 0 Å². The molecule has 1 amide bonds. The highest BCUT2D eigenvalue weighted by Gasteiger charge is 2.09. The standard InChI is InChI=1S/C10H12FN3O3/c1-7(15)12-2-3-13-9-4-8(11)5-10(6-9)14(16)17/h4-6,13H,2-3H2,1H3,(H,12,15). The van der Waals surface area contributed by atoms with Crippen molar-refractivity contribution in [3.63, 3.8) is 0 Å². The number of benzene rings is 1. The molecule has 7 heteroatoms. The highest BCUT2D eigenvalue weighted by molar-refractivity contribution is 5.72. The molecule has 0 aliphatic rings. The number of carbonyl (C=O) groups is 1. The van der Waals surface area contributed by atoms with Crippen LogP contribution < -0.4 is 10.6 Å². The summed E-state index contributed by atoms with van der Waals surface area (Å²) < 4.78 is 13.0. The van der Waals surface area contributed by atoms with E-state index >= 15 is 0 Å². The zero-order valence-electron chi connectivity index (χ0n) is 9.20. The molecule has 0 saturated carbocycles. The summed E-state index contributed by atoms with van der Waals surface area (Å²) >= 11 is 0. The summed E-state index contributed by atoms with van der Waals surface area (Å²) in [6.07, 6.45) is 0. The second-order valence-corrected chi connectivity index (χ2v) is 3.36. The van der Waals surface area contributed by atoms with Crippen molar-refractivity contribution in [2.75, 3.05) is 18.4 Å². The molecule has 1 aromatic carbocycles. The number of rotatable bonds is 5. The predicted octanol–water partition coefficient (Wildman–Crippen LogP) is 1.28. The molecule has 2 N–H and O–H groups in total. The lowest BCUT2D eigenvalue weighted by Gasteiger charge is -2.06. The molecule has 0 unspecified atom stereocenters. The van der Waals surface area contributed by atoms with E-state index in [2.05, 4.69) is 10.6 Å². The Bertz CT molecular complexity index is 437. The van der Waals surface area contributed by atoms with E-state index in [0.717, 1.165) is 12.1 Å². The Kier molecular flexibility index (Phi) is 4.38. The van der Waals surface area contributed by atoms with Crippen molar-refractivity contribution >= 4 is 17.3 Å². The molecule has 17 heavy (non-hydrogen) atoms. The van der Waals surface area contributed by atoms with E-state index in [9.17, 15) is 19.3 Å². The van der Waals surface area contributed by atoms with Gasteiger partial charge in [0, 0.05) is 31.8 Å². The van der Waals surface area contributed by atoms with E-state index in [0.29, 0.717) is 18.8 Å². The van der Waals surface area contributed by atoms with Crippen LogP contribution in [0.25, 0.3) is 0 Å². The van der Waals surface area contributed by atoms with Crippen molar-refractivity contribution in [1.82, 2.24) is 5.32 Å². The summed E-state index contributed by atoms with van der Waals surface area (Å²) in [5, 5.41) is 15.8. The number of halogens is 1. The van der Waals surface area contributed by atoms with Gasteiger partial charge in [-0.15, -0.1) is 0 Å². The Balaban J connectivity index is 2.59. The SMILES string of the molecule is CC(=O)NCCNc1cc(F)cc([N+](=O)[O-])c1. The number of nitro groups is 1. The highest BCUT2D eigenvalue weighted by atomic mass is 19.1. The van der Waals surface area contributed by atoms with Gasteiger partial charge in [-0.3, -0.25) is 14.9 Å². The third-order valence-corrected chi connectivity index (χ3v) is 1.92. The van der Waals surface area contributed by atoms with Crippen LogP contribution in [0.2, 0.25) is 0 Å². The van der Waals surface area contributed by atoms with Gasteiger partial charge in [0.05, 0.1) is 11.0 Å². The number of non-ortho nitro benzene ring substituents is 1. The first-order valence-corrected chi connectivity index (χ1v) is 4.92. The minimum Gasteiger partial charge on any atom is -0.383 e. The number of nitrogens with zero attached hydrogens (tertiary/aromatic N) is 1. The topological polar surface area (TPSA) is 84.3 Å². The van der Waals surface area contributed by atoms with Gasteiger partial charge in [0.15, 0.2) is 0 Å². The molecule has 0 atom stereocenters. The van der Waals surface area contributed by atoms with Gasteiger partial charge in [0.1, 0.15) is 5.82 Å². The van der Waals surface area contributed by atoms with Crippen molar-refractivity contribution in [2.45, 2.75) is 6.92 Å². The first kappa shape index (κ1) is 12.9. The maximum Gasteiger partial charge on any atom is 0.274 e. The minimum atomic E-state index is -0.679. The van der Waals surface area contributed by atoms with Crippen LogP contribution in [-0.2, 0) is 4.79 Å². The molecule has 0 spiro atoms. The average molecular weight is 241 g/mol. The number of hydrogen-bond donors (Lipinski definition) is 2. The van der Waals surface area contributed by atoms with Gasteiger partial charge in [-0.05, 0) is 6.07 Å². The van der Waals surface area contributed by atoms with Crippen LogP contribution in [0.15, 0.2) is 18.2 Å². The molecule has 0 saturated heterocycles. The molecule has 0 aliphatic carbocycles. The maximum absolute atomic E-state index is 13.0. The molecular formula is C10H12FN3O3. The normalized spacial score (nSPS) is 9.76. The fourth-order valence-electron chi connectivity index (χ4n) is 1.23. The van der Waals surface area contributed by atoms with E-state index in [-0.39, 0.29) is 11.6 Å². The quantitative estimate of drug-likeness (QED) is 0.462. The van der Waals surface area contributed by atoms with Crippen molar-refractivity contribution in [1.29, 1.82) is 0 Å². The molecule has 1 aromatic rings. The number of anilines is 1. The van der Waals surface area contributed by atoms with Crippen LogP contribution in [0.5, 0.6) is 0 Å². The third kappa shape index (κ3) is 4.45. The summed E-state index contributed by atoms with van der Waals surface area (Å²) in [7, 11) is 0. The second kappa shape index (κ2) is 5.78. The second-order valence-electron chi connectivity index (χ2n) is 3.36. The molecule has 6 nitrogen and oxygen atoms in total. The molecule has 0 fully saturated rings. The molecule has 0 radical (unpaired) electrons. The predicted molar refractivity (Wildman–Crippen MR) is 60.2 cm³/mol. The van der Waals surface area contributed by atoms with Crippen LogP contribution in [-0.4, -0.2) is 23.9 Å². The molecule has 92 valence electrons. The zero-order chi connectivity index (χ0) is 12.8. The lowest BCUT2D eigenvalue weighted by atomic mass is 10.2. The minimum absolute atomic E-state index is 0.169. The van der Waals surface area contributed by atoms with E-state index in [1.807, 2.05) is 0 Å². The third-order valence-electron chi connectivity index (χ3n) is 1.92. The first-order chi connectivity index (χ1) is 7.99. The fourth-order valence-corrected chi connectivity index (χ4v) is 1.23. The lowest BCUT2D eigenvalue weighted by molar-refractivity contribution is -0.385. The Morgan fingerprint density at radius 1 is 1.41 bits per heavy atom. The monoisotopic (exact) mass is 241 g/mol. The van der Waals surface area contributed by atoms with Crippen molar-refractivity contribution < 1.29 is 14.1 Å². The smallest absolute Gasteiger partial charge is 0.274 e. The van der Waals surface area contributed by atoms with E-state index in [4.69, 9.17) is 0 Å². The molecule has 0 bridgehead atoms. The van der Waals surface area contributed by atoms with E-state index < -0.39 is 10.7 Å². The summed E-state index contributed by atoms with van der Waals surface area (Å²) in [5.74, 6) is -0.849. The van der Waals surface area contributed by atoms with Crippen LogP contribution in [0.1, 0.15) is 6.92 Å². The van der Waals surface area contributed by atoms with E-state index in [1.54, 1.807) is 0 Å². The number of carbonyl (C=O) groups excluding carboxylic acids is 1. The van der Waals surface area contributed by atoms with Crippen LogP contribution in [0.3, 0.4) is 0 Å². The average Bonchev–Trinajstić information content (AvgIpc) is 2.23. The molecular weight excluding hydrogens is 229 g/mol. The molecule has 1 rings (SSSR count). The summed E-state index contributed by atoms with van der Waals surface area (Å²) in [4.78, 5) is 20.4. The van der Waals surface area contributed by atoms with Crippen LogP contribution >= 0.6 is 0 Å². The lowest BCUT2D eigenvalue weighted by Crippen LogP contribution is -2.26. The number of hydrogen-bond acceptors (Lipinski definition) is 4. The summed E-state index contributed by atoms with van der Waals surface area (Å²) in [6.45, 7) is 2.10. The van der Waals surface area contributed by atoms with Crippen molar-refractivity contribution in [3.05, 3.63) is 34.1 Å². The Labute approximate surface area is 97.0 Å². The molecule has 0 aliphatic heterocycles. The van der Waals surface area contributed by atoms with Gasteiger partial charge in [0.2, 0.25) is 5.91 Å². The van der Waals surface area contributed by atoms with Gasteiger partial charge in [-0.2, -0.15) is 0 Å². The Hall–Kier alpha value is -2.18.